The molecule has 0 bridgehead atoms. The van der Waals surface area contributed by atoms with Crippen molar-refractivity contribution < 1.29 is 19.5 Å². The Kier molecular flexibility index (Phi) is 7.67. The van der Waals surface area contributed by atoms with Crippen LogP contribution in [0.1, 0.15) is 26.3 Å². The highest BCUT2D eigenvalue weighted by molar-refractivity contribution is 5.86. The van der Waals surface area contributed by atoms with Crippen LogP contribution in [-0.2, 0) is 4.79 Å². The maximum Gasteiger partial charge on any atom is 0.266 e. The summed E-state index contributed by atoms with van der Waals surface area (Å²) in [7, 11) is 0. The van der Waals surface area contributed by atoms with E-state index in [4.69, 9.17) is 5.21 Å². The second-order valence-electron chi connectivity index (χ2n) is 7.69. The van der Waals surface area contributed by atoms with Gasteiger partial charge in [-0.2, -0.15) is 0 Å². The molecule has 1 amide bonds. The summed E-state index contributed by atoms with van der Waals surface area (Å²) in [5.74, 6) is -0.947. The third-order valence-corrected chi connectivity index (χ3v) is 5.40. The number of carbonyl (C=O) groups excluding carboxylic acids is 1. The smallest absolute Gasteiger partial charge is 0.266 e. The summed E-state index contributed by atoms with van der Waals surface area (Å²) in [4.78, 5) is 12.2. The molecule has 2 aromatic carbocycles. The van der Waals surface area contributed by atoms with Crippen LogP contribution in [0.3, 0.4) is 0 Å². The molecule has 160 valence electrons. The van der Waals surface area contributed by atoms with E-state index in [0.29, 0.717) is 0 Å². The van der Waals surface area contributed by atoms with Crippen LogP contribution in [0.5, 0.6) is 0 Å². The van der Waals surface area contributed by atoms with Crippen LogP contribution in [0.15, 0.2) is 72.8 Å². The number of rotatable bonds is 9. The quantitative estimate of drug-likeness (QED) is 0.286. The topological polar surface area (TPSA) is 81.6 Å². The minimum absolute atomic E-state index is 0.0767. The number of benzene rings is 2. The number of amides is 1. The van der Waals surface area contributed by atoms with E-state index in [9.17, 15) is 14.3 Å². The van der Waals surface area contributed by atoms with Gasteiger partial charge in [-0.05, 0) is 43.0 Å². The number of hydrogen-bond acceptors (Lipinski definition) is 4. The Balaban J connectivity index is 2.10. The Morgan fingerprint density at radius 2 is 1.70 bits per heavy atom. The Morgan fingerprint density at radius 1 is 1.13 bits per heavy atom. The molecule has 30 heavy (non-hydrogen) atoms. The average molecular weight is 413 g/mol. The van der Waals surface area contributed by atoms with Crippen LogP contribution in [-0.4, -0.2) is 40.1 Å². The molecular formula is C24H29FN2O3. The molecule has 2 aromatic rings. The van der Waals surface area contributed by atoms with Crippen molar-refractivity contribution >= 4 is 12.0 Å². The van der Waals surface area contributed by atoms with Gasteiger partial charge < -0.3 is 5.11 Å². The van der Waals surface area contributed by atoms with E-state index in [1.807, 2.05) is 60.7 Å². The van der Waals surface area contributed by atoms with Crippen LogP contribution in [0.25, 0.3) is 17.2 Å². The number of halogens is 1. The van der Waals surface area contributed by atoms with Crippen molar-refractivity contribution in [1.29, 1.82) is 0 Å². The Hall–Kier alpha value is -2.80. The summed E-state index contributed by atoms with van der Waals surface area (Å²) in [6, 6.07) is 18.0. The molecule has 0 saturated carbocycles. The molecule has 0 spiro atoms. The highest BCUT2D eigenvalue weighted by Crippen LogP contribution is 2.31. The van der Waals surface area contributed by atoms with Gasteiger partial charge in [-0.3, -0.25) is 15.3 Å². The van der Waals surface area contributed by atoms with Crippen LogP contribution < -0.4 is 10.8 Å². The van der Waals surface area contributed by atoms with Crippen molar-refractivity contribution in [2.45, 2.75) is 38.1 Å². The molecule has 0 aliphatic heterocycles. The lowest BCUT2D eigenvalue weighted by Crippen LogP contribution is -2.70. The molecule has 6 heteroatoms. The molecule has 3 unspecified atom stereocenters. The minimum atomic E-state index is -2.14. The van der Waals surface area contributed by atoms with E-state index >= 15 is 0 Å². The zero-order valence-corrected chi connectivity index (χ0v) is 17.5. The Labute approximate surface area is 176 Å². The normalized spacial score (nSPS) is 16.5. The van der Waals surface area contributed by atoms with E-state index in [2.05, 4.69) is 11.9 Å². The van der Waals surface area contributed by atoms with Gasteiger partial charge >= 0.3 is 0 Å². The molecule has 0 fully saturated rings. The van der Waals surface area contributed by atoms with Crippen LogP contribution in [0.4, 0.5) is 4.39 Å². The van der Waals surface area contributed by atoms with Crippen molar-refractivity contribution in [3.63, 3.8) is 0 Å². The third kappa shape index (κ3) is 5.02. The Bertz CT molecular complexity index is 894. The molecular weight excluding hydrogens is 383 g/mol. The van der Waals surface area contributed by atoms with E-state index < -0.39 is 23.2 Å². The summed E-state index contributed by atoms with van der Waals surface area (Å²) < 4.78 is 14.6. The number of alkyl halides is 1. The van der Waals surface area contributed by atoms with Gasteiger partial charge in [0.15, 0.2) is 6.17 Å². The number of hydroxylamine groups is 1. The maximum atomic E-state index is 14.6. The summed E-state index contributed by atoms with van der Waals surface area (Å²) in [6.45, 7) is 7.62. The van der Waals surface area contributed by atoms with Gasteiger partial charge in [0.2, 0.25) is 0 Å². The average Bonchev–Trinajstić information content (AvgIpc) is 2.76. The summed E-state index contributed by atoms with van der Waals surface area (Å²) >= 11 is 0. The lowest BCUT2D eigenvalue weighted by atomic mass is 9.76. The third-order valence-electron chi connectivity index (χ3n) is 5.40. The molecule has 0 radical (unpaired) electrons. The molecule has 0 heterocycles. The van der Waals surface area contributed by atoms with E-state index in [0.717, 1.165) is 16.7 Å². The zero-order valence-electron chi connectivity index (χ0n) is 17.5. The van der Waals surface area contributed by atoms with Gasteiger partial charge in [-0.1, -0.05) is 73.3 Å². The number of nitrogens with one attached hydrogen (secondary N) is 2. The van der Waals surface area contributed by atoms with E-state index in [1.54, 1.807) is 6.08 Å². The fourth-order valence-electron chi connectivity index (χ4n) is 3.21. The molecule has 3 atom stereocenters. The van der Waals surface area contributed by atoms with Gasteiger partial charge in [0, 0.05) is 6.54 Å². The van der Waals surface area contributed by atoms with Gasteiger partial charge in [0.05, 0.1) is 0 Å². The van der Waals surface area contributed by atoms with Gasteiger partial charge in [-0.25, -0.2) is 9.87 Å². The van der Waals surface area contributed by atoms with Crippen molar-refractivity contribution in [3.8, 4) is 11.1 Å². The maximum absolute atomic E-state index is 14.6. The lowest BCUT2D eigenvalue weighted by Gasteiger charge is -2.43. The second-order valence-corrected chi connectivity index (χ2v) is 7.69. The number of aliphatic hydroxyl groups is 1. The highest BCUT2D eigenvalue weighted by atomic mass is 19.1. The van der Waals surface area contributed by atoms with Crippen LogP contribution in [0.2, 0.25) is 0 Å². The predicted octanol–water partition coefficient (Wildman–Crippen LogP) is 3.89. The highest BCUT2D eigenvalue weighted by Gasteiger charge is 2.54. The summed E-state index contributed by atoms with van der Waals surface area (Å²) in [5, 5.41) is 22.7. The monoisotopic (exact) mass is 412 g/mol. The van der Waals surface area contributed by atoms with Crippen LogP contribution >= 0.6 is 0 Å². The van der Waals surface area contributed by atoms with E-state index in [1.165, 1.54) is 26.3 Å². The molecule has 2 rings (SSSR count). The molecule has 0 aliphatic carbocycles. The lowest BCUT2D eigenvalue weighted by molar-refractivity contribution is -0.152. The SMILES string of the molecule is C=C(C)C(F)C(C)(O)C(C)(NCC=Cc1ccc(-c2ccccc2)cc1)C(=O)NO. The number of hydrogen-bond donors (Lipinski definition) is 4. The first-order valence-corrected chi connectivity index (χ1v) is 9.67. The summed E-state index contributed by atoms with van der Waals surface area (Å²) in [5.41, 5.74) is 0.807. The first-order chi connectivity index (χ1) is 14.1. The van der Waals surface area contributed by atoms with Crippen molar-refractivity contribution in [2.24, 2.45) is 0 Å². The molecule has 4 N–H and O–H groups in total. The molecule has 0 saturated heterocycles. The number of carbonyl (C=O) groups is 1. The zero-order chi connectivity index (χ0) is 22.4. The summed E-state index contributed by atoms with van der Waals surface area (Å²) in [6.07, 6.45) is 1.73. The van der Waals surface area contributed by atoms with Crippen molar-refractivity contribution in [3.05, 3.63) is 78.4 Å². The Morgan fingerprint density at radius 3 is 2.23 bits per heavy atom. The molecule has 5 nitrogen and oxygen atoms in total. The van der Waals surface area contributed by atoms with Crippen molar-refractivity contribution in [1.82, 2.24) is 10.8 Å². The van der Waals surface area contributed by atoms with E-state index in [-0.39, 0.29) is 12.1 Å². The van der Waals surface area contributed by atoms with Gasteiger partial charge in [0.1, 0.15) is 11.1 Å². The fourth-order valence-corrected chi connectivity index (χ4v) is 3.21. The first kappa shape index (κ1) is 23.5. The standard InChI is InChI=1S/C24H29FN2O3/c1-17(2)21(25)24(4,29)23(3,22(28)27-30)26-16-8-9-18-12-14-20(15-13-18)19-10-6-5-7-11-19/h5-15,21,26,29-30H,1,16H2,2-4H3,(H,27,28). The van der Waals surface area contributed by atoms with Gasteiger partial charge in [-0.15, -0.1) is 0 Å². The first-order valence-electron chi connectivity index (χ1n) is 9.67. The largest absolute Gasteiger partial charge is 0.384 e. The molecule has 0 aromatic heterocycles. The molecule has 0 aliphatic rings. The van der Waals surface area contributed by atoms with Crippen molar-refractivity contribution in [2.75, 3.05) is 6.54 Å². The predicted molar refractivity (Wildman–Crippen MR) is 118 cm³/mol. The minimum Gasteiger partial charge on any atom is -0.384 e. The second kappa shape index (κ2) is 9.80. The fraction of sp³-hybridized carbons (Fsp3) is 0.292. The van der Waals surface area contributed by atoms with Crippen LogP contribution in [0, 0.1) is 0 Å². The van der Waals surface area contributed by atoms with Gasteiger partial charge in [0.25, 0.3) is 5.91 Å².